The van der Waals surface area contributed by atoms with Gasteiger partial charge in [0.15, 0.2) is 5.96 Å². The van der Waals surface area contributed by atoms with E-state index in [1.54, 1.807) is 20.0 Å². The standard InChI is InChI=1S/C25H38N8O5S/c1-13(2)20(24(37)38)33-23(36)19(12-39)32-22(35)18(10-14-11-30-17-8-4-3-6-15(14)17)31-21(34)16(26)7-5-9-29-25(27)28/h3-4,6,8,11,13,16,18-20,30,39H,5,7,9-10,12,26H2,1-2H3,(H,31,34)(H,32,35)(H,33,36)(H,37,38)(H4,27,28,29). The van der Waals surface area contributed by atoms with Crippen molar-refractivity contribution < 1.29 is 24.3 Å². The van der Waals surface area contributed by atoms with Crippen molar-refractivity contribution in [2.24, 2.45) is 28.1 Å². The molecule has 13 nitrogen and oxygen atoms in total. The summed E-state index contributed by atoms with van der Waals surface area (Å²) in [7, 11) is 0. The Morgan fingerprint density at radius 3 is 2.28 bits per heavy atom. The number of guanidine groups is 1. The average molecular weight is 563 g/mol. The quantitative estimate of drug-likeness (QED) is 0.0577. The third-order valence-corrected chi connectivity index (χ3v) is 6.45. The number of aromatic amines is 1. The Labute approximate surface area is 232 Å². The van der Waals surface area contributed by atoms with Gasteiger partial charge in [0, 0.05) is 35.8 Å². The van der Waals surface area contributed by atoms with Crippen molar-refractivity contribution in [3.63, 3.8) is 0 Å². The molecule has 1 heterocycles. The Hall–Kier alpha value is -3.78. The fourth-order valence-corrected chi connectivity index (χ4v) is 4.15. The zero-order chi connectivity index (χ0) is 29.1. The number of carbonyl (C=O) groups excluding carboxylic acids is 3. The van der Waals surface area contributed by atoms with E-state index < -0.39 is 47.9 Å². The van der Waals surface area contributed by atoms with Gasteiger partial charge in [-0.25, -0.2) is 4.79 Å². The fraction of sp³-hybridized carbons (Fsp3) is 0.480. The third-order valence-electron chi connectivity index (χ3n) is 6.08. The number of aliphatic carboxylic acids is 1. The number of para-hydroxylation sites is 1. The van der Waals surface area contributed by atoms with Crippen LogP contribution in [-0.2, 0) is 25.6 Å². The van der Waals surface area contributed by atoms with Gasteiger partial charge >= 0.3 is 5.97 Å². The smallest absolute Gasteiger partial charge is 0.326 e. The van der Waals surface area contributed by atoms with Crippen LogP contribution in [-0.4, -0.2) is 76.2 Å². The minimum Gasteiger partial charge on any atom is -0.480 e. The van der Waals surface area contributed by atoms with Crippen molar-refractivity contribution in [2.75, 3.05) is 12.3 Å². The van der Waals surface area contributed by atoms with E-state index in [1.165, 1.54) is 0 Å². The predicted octanol–water partition coefficient (Wildman–Crippen LogP) is -0.784. The highest BCUT2D eigenvalue weighted by molar-refractivity contribution is 7.80. The monoisotopic (exact) mass is 562 g/mol. The van der Waals surface area contributed by atoms with Crippen LogP contribution in [0.15, 0.2) is 35.5 Å². The van der Waals surface area contributed by atoms with Crippen molar-refractivity contribution in [3.05, 3.63) is 36.0 Å². The normalized spacial score (nSPS) is 14.2. The van der Waals surface area contributed by atoms with Crippen molar-refractivity contribution in [3.8, 4) is 0 Å². The Morgan fingerprint density at radius 2 is 1.67 bits per heavy atom. The van der Waals surface area contributed by atoms with Crippen LogP contribution in [0.5, 0.6) is 0 Å². The van der Waals surface area contributed by atoms with Crippen molar-refractivity contribution >= 4 is 53.2 Å². The molecule has 2 aromatic rings. The molecule has 0 radical (unpaired) electrons. The molecule has 0 saturated carbocycles. The number of nitrogens with zero attached hydrogens (tertiary/aromatic N) is 1. The van der Waals surface area contributed by atoms with Gasteiger partial charge in [-0.15, -0.1) is 0 Å². The number of hydrogen-bond acceptors (Lipinski definition) is 7. The molecule has 11 N–H and O–H groups in total. The van der Waals surface area contributed by atoms with Crippen molar-refractivity contribution in [1.82, 2.24) is 20.9 Å². The Balaban J connectivity index is 2.20. The van der Waals surface area contributed by atoms with Gasteiger partial charge < -0.3 is 43.2 Å². The zero-order valence-electron chi connectivity index (χ0n) is 22.0. The van der Waals surface area contributed by atoms with Gasteiger partial charge in [0.25, 0.3) is 0 Å². The summed E-state index contributed by atoms with van der Waals surface area (Å²) in [5.74, 6) is -3.64. The summed E-state index contributed by atoms with van der Waals surface area (Å²) < 4.78 is 0. The second-order valence-corrected chi connectivity index (χ2v) is 9.86. The number of carbonyl (C=O) groups is 4. The number of aliphatic imine (C=N–C) groups is 1. The van der Waals surface area contributed by atoms with E-state index in [0.29, 0.717) is 13.0 Å². The number of nitrogens with one attached hydrogen (secondary N) is 4. The first-order valence-corrected chi connectivity index (χ1v) is 13.2. The second-order valence-electron chi connectivity index (χ2n) is 9.49. The Morgan fingerprint density at radius 1 is 1.03 bits per heavy atom. The molecule has 0 fully saturated rings. The van der Waals surface area contributed by atoms with Crippen LogP contribution in [0.3, 0.4) is 0 Å². The van der Waals surface area contributed by atoms with E-state index >= 15 is 0 Å². The summed E-state index contributed by atoms with van der Waals surface area (Å²) in [6.45, 7) is 3.61. The summed E-state index contributed by atoms with van der Waals surface area (Å²) >= 11 is 4.16. The largest absolute Gasteiger partial charge is 0.480 e. The summed E-state index contributed by atoms with van der Waals surface area (Å²) in [6.07, 6.45) is 2.58. The number of benzene rings is 1. The number of nitrogens with two attached hydrogens (primary N) is 3. The lowest BCUT2D eigenvalue weighted by atomic mass is 10.0. The first-order chi connectivity index (χ1) is 18.4. The molecular formula is C25H38N8O5S. The maximum atomic E-state index is 13.4. The van der Waals surface area contributed by atoms with Crippen LogP contribution >= 0.6 is 12.6 Å². The van der Waals surface area contributed by atoms with E-state index in [-0.39, 0.29) is 30.5 Å². The number of carboxylic acids is 1. The van der Waals surface area contributed by atoms with E-state index in [9.17, 15) is 24.3 Å². The third kappa shape index (κ3) is 9.48. The lowest BCUT2D eigenvalue weighted by molar-refractivity contribution is -0.143. The number of H-pyrrole nitrogens is 1. The highest BCUT2D eigenvalue weighted by Crippen LogP contribution is 2.19. The number of aromatic nitrogens is 1. The number of thiol groups is 1. The van der Waals surface area contributed by atoms with E-state index in [4.69, 9.17) is 17.2 Å². The second kappa shape index (κ2) is 15.0. The maximum absolute atomic E-state index is 13.4. The molecule has 0 saturated heterocycles. The fourth-order valence-electron chi connectivity index (χ4n) is 3.89. The van der Waals surface area contributed by atoms with Crippen LogP contribution in [0.2, 0.25) is 0 Å². The molecule has 214 valence electrons. The molecular weight excluding hydrogens is 524 g/mol. The number of hydrogen-bond donors (Lipinski definition) is 9. The highest BCUT2D eigenvalue weighted by Gasteiger charge is 2.31. The minimum atomic E-state index is -1.19. The number of rotatable bonds is 15. The first kappa shape index (κ1) is 31.4. The molecule has 0 aliphatic heterocycles. The number of amides is 3. The maximum Gasteiger partial charge on any atom is 0.326 e. The van der Waals surface area contributed by atoms with Gasteiger partial charge in [0.05, 0.1) is 6.04 Å². The van der Waals surface area contributed by atoms with Gasteiger partial charge in [-0.1, -0.05) is 32.0 Å². The van der Waals surface area contributed by atoms with Crippen LogP contribution < -0.4 is 33.2 Å². The van der Waals surface area contributed by atoms with Gasteiger partial charge in [-0.05, 0) is 30.4 Å². The molecule has 2 rings (SSSR count). The molecule has 1 aromatic carbocycles. The molecule has 4 unspecified atom stereocenters. The van der Waals surface area contributed by atoms with Crippen LogP contribution in [0.4, 0.5) is 0 Å². The summed E-state index contributed by atoms with van der Waals surface area (Å²) in [5, 5.41) is 18.0. The Kier molecular flexibility index (Phi) is 12.1. The van der Waals surface area contributed by atoms with E-state index in [1.807, 2.05) is 24.3 Å². The Bertz CT molecular complexity index is 1180. The molecule has 4 atom stereocenters. The molecule has 1 aromatic heterocycles. The molecule has 0 bridgehead atoms. The van der Waals surface area contributed by atoms with E-state index in [0.717, 1.165) is 16.5 Å². The molecule has 0 aliphatic rings. The van der Waals surface area contributed by atoms with Gasteiger partial charge in [0.1, 0.15) is 18.1 Å². The summed E-state index contributed by atoms with van der Waals surface area (Å²) in [5.41, 5.74) is 18.3. The predicted molar refractivity (Wildman–Crippen MR) is 152 cm³/mol. The lowest BCUT2D eigenvalue weighted by Crippen LogP contribution is -2.58. The van der Waals surface area contributed by atoms with Crippen LogP contribution in [0.25, 0.3) is 10.9 Å². The summed E-state index contributed by atoms with van der Waals surface area (Å²) in [4.78, 5) is 57.6. The molecule has 3 amide bonds. The topological polar surface area (TPSA) is 231 Å². The molecule has 14 heteroatoms. The first-order valence-electron chi connectivity index (χ1n) is 12.5. The van der Waals surface area contributed by atoms with Crippen LogP contribution in [0.1, 0.15) is 32.3 Å². The molecule has 0 aliphatic carbocycles. The molecule has 0 spiro atoms. The van der Waals surface area contributed by atoms with Gasteiger partial charge in [-0.3, -0.25) is 19.4 Å². The number of fused-ring (bicyclic) bond motifs is 1. The van der Waals surface area contributed by atoms with Crippen molar-refractivity contribution in [2.45, 2.75) is 57.3 Å². The van der Waals surface area contributed by atoms with Crippen molar-refractivity contribution in [1.29, 1.82) is 0 Å². The van der Waals surface area contributed by atoms with Crippen LogP contribution in [0, 0.1) is 5.92 Å². The average Bonchev–Trinajstić information content (AvgIpc) is 3.29. The zero-order valence-corrected chi connectivity index (χ0v) is 22.9. The van der Waals surface area contributed by atoms with Gasteiger partial charge in [0.2, 0.25) is 17.7 Å². The summed E-state index contributed by atoms with van der Waals surface area (Å²) in [6, 6.07) is 3.19. The minimum absolute atomic E-state index is 0.0608. The SMILES string of the molecule is CC(C)C(NC(=O)C(CS)NC(=O)C(Cc1c[nH]c2ccccc12)NC(=O)C(N)CCCN=C(N)N)C(=O)O. The molecule has 39 heavy (non-hydrogen) atoms. The highest BCUT2D eigenvalue weighted by atomic mass is 32.1. The van der Waals surface area contributed by atoms with E-state index in [2.05, 4.69) is 38.6 Å². The number of carboxylic acid groups (broad SMARTS) is 1. The van der Waals surface area contributed by atoms with Gasteiger partial charge in [-0.2, -0.15) is 12.6 Å². The lowest BCUT2D eigenvalue weighted by Gasteiger charge is -2.25.